The van der Waals surface area contributed by atoms with Crippen LogP contribution in [0.25, 0.3) is 11.3 Å². The van der Waals surface area contributed by atoms with Crippen LogP contribution in [-0.4, -0.2) is 53.6 Å². The minimum absolute atomic E-state index is 0.257. The SMILES string of the molecule is CN(CC1CCOCC1)c1cncc(-c2cc(NC3CCC(=O)CC3)ncc2Cl)n1. The van der Waals surface area contributed by atoms with E-state index >= 15 is 0 Å². The zero-order valence-corrected chi connectivity index (χ0v) is 18.1. The molecular formula is C22H28ClN5O2. The van der Waals surface area contributed by atoms with Crippen LogP contribution in [-0.2, 0) is 9.53 Å². The first-order valence-electron chi connectivity index (χ1n) is 10.6. The van der Waals surface area contributed by atoms with Crippen molar-refractivity contribution in [3.63, 3.8) is 0 Å². The average Bonchev–Trinajstić information content (AvgIpc) is 2.77. The van der Waals surface area contributed by atoms with Crippen molar-refractivity contribution < 1.29 is 9.53 Å². The highest BCUT2D eigenvalue weighted by atomic mass is 35.5. The van der Waals surface area contributed by atoms with Crippen LogP contribution in [0.2, 0.25) is 5.02 Å². The van der Waals surface area contributed by atoms with Crippen molar-refractivity contribution >= 4 is 29.0 Å². The normalized spacial score (nSPS) is 18.4. The second-order valence-corrected chi connectivity index (χ2v) is 8.61. The molecule has 0 spiro atoms. The number of anilines is 2. The number of pyridine rings is 1. The second kappa shape index (κ2) is 9.71. The summed E-state index contributed by atoms with van der Waals surface area (Å²) in [6.45, 7) is 2.60. The van der Waals surface area contributed by atoms with Crippen molar-refractivity contribution in [2.24, 2.45) is 5.92 Å². The average molecular weight is 430 g/mol. The fourth-order valence-electron chi connectivity index (χ4n) is 4.09. The second-order valence-electron chi connectivity index (χ2n) is 8.21. The molecule has 8 heteroatoms. The van der Waals surface area contributed by atoms with E-state index in [0.29, 0.717) is 29.6 Å². The molecule has 2 aromatic rings. The van der Waals surface area contributed by atoms with E-state index in [4.69, 9.17) is 21.3 Å². The van der Waals surface area contributed by atoms with E-state index in [0.717, 1.165) is 68.3 Å². The van der Waals surface area contributed by atoms with E-state index in [9.17, 15) is 4.79 Å². The Kier molecular flexibility index (Phi) is 6.79. The molecule has 4 rings (SSSR count). The molecule has 1 N–H and O–H groups in total. The van der Waals surface area contributed by atoms with Gasteiger partial charge in [-0.3, -0.25) is 9.78 Å². The van der Waals surface area contributed by atoms with Crippen LogP contribution >= 0.6 is 11.6 Å². The van der Waals surface area contributed by atoms with Crippen molar-refractivity contribution in [3.05, 3.63) is 29.7 Å². The maximum atomic E-state index is 11.5. The molecule has 160 valence electrons. The monoisotopic (exact) mass is 429 g/mol. The van der Waals surface area contributed by atoms with Crippen LogP contribution in [0.5, 0.6) is 0 Å². The summed E-state index contributed by atoms with van der Waals surface area (Å²) in [5.41, 5.74) is 1.52. The summed E-state index contributed by atoms with van der Waals surface area (Å²) >= 11 is 6.45. The number of rotatable bonds is 6. The Morgan fingerprint density at radius 1 is 1.17 bits per heavy atom. The highest BCUT2D eigenvalue weighted by molar-refractivity contribution is 6.33. The first-order chi connectivity index (χ1) is 14.6. The fourth-order valence-corrected chi connectivity index (χ4v) is 4.29. The largest absolute Gasteiger partial charge is 0.381 e. The molecule has 0 unspecified atom stereocenters. The first kappa shape index (κ1) is 21.0. The summed E-state index contributed by atoms with van der Waals surface area (Å²) in [5.74, 6) is 2.52. The van der Waals surface area contributed by atoms with Crippen LogP contribution in [0.15, 0.2) is 24.7 Å². The standard InChI is InChI=1S/C22H28ClN5O2/c1-28(14-15-6-8-30-9-7-15)22-13-24-12-20(27-22)18-10-21(25-11-19(18)23)26-16-2-4-17(29)5-3-16/h10-13,15-16H,2-9,14H2,1H3,(H,25,26). The fraction of sp³-hybridized carbons (Fsp3) is 0.545. The van der Waals surface area contributed by atoms with Gasteiger partial charge in [0.15, 0.2) is 0 Å². The van der Waals surface area contributed by atoms with Gasteiger partial charge in [0.05, 0.1) is 23.1 Å². The van der Waals surface area contributed by atoms with Gasteiger partial charge in [0.2, 0.25) is 0 Å². The maximum absolute atomic E-state index is 11.5. The van der Waals surface area contributed by atoms with Crippen molar-refractivity contribution in [1.82, 2.24) is 15.0 Å². The molecule has 1 saturated carbocycles. The minimum Gasteiger partial charge on any atom is -0.381 e. The van der Waals surface area contributed by atoms with E-state index in [-0.39, 0.29) is 6.04 Å². The van der Waals surface area contributed by atoms with Gasteiger partial charge in [-0.05, 0) is 37.7 Å². The molecule has 1 aliphatic heterocycles. The lowest BCUT2D eigenvalue weighted by molar-refractivity contribution is -0.120. The van der Waals surface area contributed by atoms with Gasteiger partial charge in [0.25, 0.3) is 0 Å². The lowest BCUT2D eigenvalue weighted by Crippen LogP contribution is -2.30. The van der Waals surface area contributed by atoms with Crippen molar-refractivity contribution in [2.45, 2.75) is 44.6 Å². The Morgan fingerprint density at radius 2 is 1.93 bits per heavy atom. The Labute approximate surface area is 182 Å². The number of ketones is 1. The molecule has 7 nitrogen and oxygen atoms in total. The Morgan fingerprint density at radius 3 is 2.70 bits per heavy atom. The van der Waals surface area contributed by atoms with Crippen molar-refractivity contribution in [1.29, 1.82) is 0 Å². The number of hydrogen-bond acceptors (Lipinski definition) is 7. The predicted octanol–water partition coefficient (Wildman–Crippen LogP) is 3.98. The highest BCUT2D eigenvalue weighted by Gasteiger charge is 2.20. The lowest BCUT2D eigenvalue weighted by Gasteiger charge is -2.27. The van der Waals surface area contributed by atoms with Crippen LogP contribution in [0.1, 0.15) is 38.5 Å². The molecule has 0 radical (unpaired) electrons. The first-order valence-corrected chi connectivity index (χ1v) is 11.0. The number of aromatic nitrogens is 3. The molecule has 2 fully saturated rings. The number of Topliss-reactive ketones (excluding diaryl/α,β-unsaturated/α-hetero) is 1. The highest BCUT2D eigenvalue weighted by Crippen LogP contribution is 2.30. The number of nitrogens with zero attached hydrogens (tertiary/aromatic N) is 4. The summed E-state index contributed by atoms with van der Waals surface area (Å²) in [4.78, 5) is 27.3. The molecule has 0 atom stereocenters. The molecule has 0 amide bonds. The maximum Gasteiger partial charge on any atom is 0.147 e. The van der Waals surface area contributed by atoms with Crippen LogP contribution in [0.4, 0.5) is 11.6 Å². The van der Waals surface area contributed by atoms with Gasteiger partial charge in [0.1, 0.15) is 17.4 Å². The molecule has 0 aromatic carbocycles. The van der Waals surface area contributed by atoms with E-state index in [1.807, 2.05) is 6.07 Å². The van der Waals surface area contributed by atoms with Gasteiger partial charge in [-0.25, -0.2) is 9.97 Å². The number of ether oxygens (including phenoxy) is 1. The van der Waals surface area contributed by atoms with E-state index in [1.165, 1.54) is 0 Å². The van der Waals surface area contributed by atoms with E-state index in [1.54, 1.807) is 18.6 Å². The van der Waals surface area contributed by atoms with Crippen LogP contribution < -0.4 is 10.2 Å². The third-order valence-electron chi connectivity index (χ3n) is 5.91. The molecule has 2 aliphatic rings. The summed E-state index contributed by atoms with van der Waals surface area (Å²) in [5, 5.41) is 3.98. The molecule has 1 aliphatic carbocycles. The summed E-state index contributed by atoms with van der Waals surface area (Å²) in [6.07, 6.45) is 10.3. The number of carbonyl (C=O) groups excluding carboxylic acids is 1. The Bertz CT molecular complexity index is 878. The predicted molar refractivity (Wildman–Crippen MR) is 118 cm³/mol. The molecular weight excluding hydrogens is 402 g/mol. The topological polar surface area (TPSA) is 80.2 Å². The molecule has 30 heavy (non-hydrogen) atoms. The van der Waals surface area contributed by atoms with Gasteiger partial charge < -0.3 is 15.0 Å². The number of carbonyl (C=O) groups is 1. The van der Waals surface area contributed by atoms with Gasteiger partial charge in [-0.2, -0.15) is 0 Å². The van der Waals surface area contributed by atoms with Crippen molar-refractivity contribution in [2.75, 3.05) is 37.0 Å². The summed E-state index contributed by atoms with van der Waals surface area (Å²) < 4.78 is 5.46. The molecule has 0 bridgehead atoms. The van der Waals surface area contributed by atoms with Gasteiger partial charge in [-0.15, -0.1) is 0 Å². The van der Waals surface area contributed by atoms with Gasteiger partial charge in [-0.1, -0.05) is 11.6 Å². The zero-order valence-electron chi connectivity index (χ0n) is 17.3. The Balaban J connectivity index is 1.49. The van der Waals surface area contributed by atoms with E-state index < -0.39 is 0 Å². The third-order valence-corrected chi connectivity index (χ3v) is 6.21. The zero-order chi connectivity index (χ0) is 20.9. The van der Waals surface area contributed by atoms with Crippen molar-refractivity contribution in [3.8, 4) is 11.3 Å². The van der Waals surface area contributed by atoms with Crippen LogP contribution in [0, 0.1) is 5.92 Å². The number of halogens is 1. The smallest absolute Gasteiger partial charge is 0.147 e. The molecule has 3 heterocycles. The quantitative estimate of drug-likeness (QED) is 0.743. The molecule has 1 saturated heterocycles. The molecule has 2 aromatic heterocycles. The lowest BCUT2D eigenvalue weighted by atomic mass is 9.94. The number of nitrogens with one attached hydrogen (secondary N) is 1. The van der Waals surface area contributed by atoms with Gasteiger partial charge >= 0.3 is 0 Å². The van der Waals surface area contributed by atoms with E-state index in [2.05, 4.69) is 27.2 Å². The number of hydrogen-bond donors (Lipinski definition) is 1. The summed E-state index contributed by atoms with van der Waals surface area (Å²) in [6, 6.07) is 2.18. The van der Waals surface area contributed by atoms with Gasteiger partial charge in [0, 0.05) is 57.4 Å². The minimum atomic E-state index is 0.257. The van der Waals surface area contributed by atoms with Crippen LogP contribution in [0.3, 0.4) is 0 Å². The third kappa shape index (κ3) is 5.26. The Hall–Kier alpha value is -2.25. The summed E-state index contributed by atoms with van der Waals surface area (Å²) in [7, 11) is 2.05.